The second-order valence-electron chi connectivity index (χ2n) is 7.67. The van der Waals surface area contributed by atoms with Gasteiger partial charge in [0, 0.05) is 35.3 Å². The van der Waals surface area contributed by atoms with Gasteiger partial charge in [0.05, 0.1) is 30.6 Å². The lowest BCUT2D eigenvalue weighted by molar-refractivity contribution is -0.111. The lowest BCUT2D eigenvalue weighted by atomic mass is 10.1. The summed E-state index contributed by atoms with van der Waals surface area (Å²) < 4.78 is 7.72. The largest absolute Gasteiger partial charge is 0.437 e. The van der Waals surface area contributed by atoms with Crippen LogP contribution in [0.4, 0.5) is 5.69 Å². The van der Waals surface area contributed by atoms with Crippen LogP contribution in [0.25, 0.3) is 22.3 Å². The average molecular weight is 461 g/mol. The van der Waals surface area contributed by atoms with Crippen molar-refractivity contribution in [2.45, 2.75) is 6.54 Å². The molecule has 9 heteroatoms. The third-order valence-corrected chi connectivity index (χ3v) is 5.24. The molecule has 0 aliphatic heterocycles. The Morgan fingerprint density at radius 2 is 2.09 bits per heavy atom. The topological polar surface area (TPSA) is 122 Å². The summed E-state index contributed by atoms with van der Waals surface area (Å²) in [6.45, 7) is 4.03. The highest BCUT2D eigenvalue weighted by Gasteiger charge is 2.13. The number of hydrogen-bond acceptors (Lipinski definition) is 6. The van der Waals surface area contributed by atoms with E-state index in [2.05, 4.69) is 38.0 Å². The van der Waals surface area contributed by atoms with Gasteiger partial charge >= 0.3 is 0 Å². The Kier molecular flexibility index (Phi) is 5.76. The van der Waals surface area contributed by atoms with E-state index < -0.39 is 0 Å². The van der Waals surface area contributed by atoms with E-state index in [9.17, 15) is 4.79 Å². The molecule has 0 radical (unpaired) electrons. The van der Waals surface area contributed by atoms with Gasteiger partial charge in [-0.1, -0.05) is 24.8 Å². The third kappa shape index (κ3) is 4.77. The molecule has 2 N–H and O–H groups in total. The molecule has 0 bridgehead atoms. The molecule has 5 rings (SSSR count). The minimum atomic E-state index is -0.306. The van der Waals surface area contributed by atoms with Gasteiger partial charge in [-0.3, -0.25) is 9.48 Å². The smallest absolute Gasteiger partial charge is 0.247 e. The Hall–Kier alpha value is -5.23. The van der Waals surface area contributed by atoms with Crippen LogP contribution in [0.3, 0.4) is 0 Å². The summed E-state index contributed by atoms with van der Waals surface area (Å²) in [6.07, 6.45) is 8.27. The van der Waals surface area contributed by atoms with Crippen LogP contribution < -0.4 is 10.1 Å². The summed E-state index contributed by atoms with van der Waals surface area (Å²) in [5.74, 6) is 0.517. The second-order valence-corrected chi connectivity index (χ2v) is 7.67. The molecule has 1 amide bonds. The van der Waals surface area contributed by atoms with Gasteiger partial charge in [0.2, 0.25) is 11.8 Å². The minimum Gasteiger partial charge on any atom is -0.437 e. The van der Waals surface area contributed by atoms with Gasteiger partial charge in [0.1, 0.15) is 11.3 Å². The number of ether oxygens (including phenoxy) is 1. The number of anilines is 1. The number of amides is 1. The van der Waals surface area contributed by atoms with E-state index in [1.807, 2.05) is 29.2 Å². The third-order valence-electron chi connectivity index (χ3n) is 5.24. The van der Waals surface area contributed by atoms with Gasteiger partial charge in [-0.05, 0) is 35.9 Å². The summed E-state index contributed by atoms with van der Waals surface area (Å²) >= 11 is 0. The van der Waals surface area contributed by atoms with Crippen molar-refractivity contribution < 1.29 is 9.53 Å². The van der Waals surface area contributed by atoms with E-state index in [4.69, 9.17) is 10.00 Å². The van der Waals surface area contributed by atoms with Crippen LogP contribution in [0.2, 0.25) is 0 Å². The quantitative estimate of drug-likeness (QED) is 0.340. The predicted octanol–water partition coefficient (Wildman–Crippen LogP) is 4.66. The lowest BCUT2D eigenvalue weighted by Gasteiger charge is -2.07. The van der Waals surface area contributed by atoms with Crippen molar-refractivity contribution in [2.24, 2.45) is 0 Å². The molecule has 0 spiro atoms. The van der Waals surface area contributed by atoms with Gasteiger partial charge in [-0.2, -0.15) is 10.4 Å². The van der Waals surface area contributed by atoms with Gasteiger partial charge in [-0.15, -0.1) is 0 Å². The average Bonchev–Trinajstić information content (AvgIpc) is 3.51. The highest BCUT2D eigenvalue weighted by molar-refractivity contribution is 5.99. The Labute approximate surface area is 200 Å². The summed E-state index contributed by atoms with van der Waals surface area (Å²) in [5.41, 5.74) is 5.24. The van der Waals surface area contributed by atoms with Crippen LogP contribution in [-0.4, -0.2) is 30.6 Å². The number of aromatic nitrogens is 5. The van der Waals surface area contributed by atoms with Gasteiger partial charge < -0.3 is 15.0 Å². The van der Waals surface area contributed by atoms with E-state index in [1.165, 1.54) is 12.3 Å². The first-order valence-corrected chi connectivity index (χ1v) is 10.7. The number of hydrogen-bond donors (Lipinski definition) is 2. The first-order valence-electron chi connectivity index (χ1n) is 10.7. The van der Waals surface area contributed by atoms with Crippen molar-refractivity contribution in [1.29, 1.82) is 5.26 Å². The van der Waals surface area contributed by atoms with Gasteiger partial charge in [0.25, 0.3) is 0 Å². The molecule has 0 aliphatic carbocycles. The summed E-state index contributed by atoms with van der Waals surface area (Å²) in [4.78, 5) is 23.7. The zero-order chi connectivity index (χ0) is 24.2. The Balaban J connectivity index is 1.37. The van der Waals surface area contributed by atoms with Crippen LogP contribution in [0, 0.1) is 11.3 Å². The zero-order valence-corrected chi connectivity index (χ0v) is 18.5. The van der Waals surface area contributed by atoms with E-state index in [1.54, 1.807) is 42.6 Å². The van der Waals surface area contributed by atoms with Crippen molar-refractivity contribution in [3.63, 3.8) is 0 Å². The number of nitriles is 1. The second kappa shape index (κ2) is 9.33. The number of carbonyl (C=O) groups is 1. The minimum absolute atomic E-state index is 0.306. The number of nitrogens with one attached hydrogen (secondary N) is 2. The van der Waals surface area contributed by atoms with Gasteiger partial charge in [0.15, 0.2) is 5.65 Å². The molecule has 0 fully saturated rings. The molecule has 35 heavy (non-hydrogen) atoms. The highest BCUT2D eigenvalue weighted by atomic mass is 16.5. The highest BCUT2D eigenvalue weighted by Crippen LogP contribution is 2.29. The molecule has 5 aromatic rings. The van der Waals surface area contributed by atoms with Crippen LogP contribution >= 0.6 is 0 Å². The van der Waals surface area contributed by atoms with Crippen molar-refractivity contribution in [2.75, 3.05) is 5.32 Å². The maximum atomic E-state index is 11.6. The number of rotatable bonds is 7. The first-order chi connectivity index (χ1) is 17.1. The van der Waals surface area contributed by atoms with Crippen molar-refractivity contribution in [1.82, 2.24) is 24.7 Å². The number of nitrogens with zero attached hydrogens (tertiary/aromatic N) is 5. The molecule has 0 saturated heterocycles. The van der Waals surface area contributed by atoms with Crippen LogP contribution in [0.5, 0.6) is 11.6 Å². The summed E-state index contributed by atoms with van der Waals surface area (Å²) in [6, 6.07) is 16.5. The van der Waals surface area contributed by atoms with Crippen molar-refractivity contribution in [3.8, 4) is 28.8 Å². The Morgan fingerprint density at radius 1 is 1.23 bits per heavy atom. The number of aromatic amines is 1. The molecule has 2 aromatic carbocycles. The fraction of sp³-hybridized carbons (Fsp3) is 0.0385. The van der Waals surface area contributed by atoms with E-state index in [0.717, 1.165) is 16.7 Å². The molecule has 3 aromatic heterocycles. The van der Waals surface area contributed by atoms with Crippen molar-refractivity contribution >= 4 is 22.8 Å². The number of carbonyl (C=O) groups excluding carboxylic acids is 1. The maximum absolute atomic E-state index is 11.6. The molecule has 0 atom stereocenters. The van der Waals surface area contributed by atoms with Gasteiger partial charge in [-0.25, -0.2) is 9.97 Å². The molecule has 170 valence electrons. The molecule has 9 nitrogen and oxygen atoms in total. The molecule has 0 saturated carbocycles. The predicted molar refractivity (Wildman–Crippen MR) is 131 cm³/mol. The maximum Gasteiger partial charge on any atom is 0.247 e. The molecule has 0 aliphatic rings. The van der Waals surface area contributed by atoms with Crippen molar-refractivity contribution in [3.05, 3.63) is 97.1 Å². The fourth-order valence-electron chi connectivity index (χ4n) is 3.56. The molecule has 0 unspecified atom stereocenters. The van der Waals surface area contributed by atoms with E-state index in [0.29, 0.717) is 40.6 Å². The normalized spacial score (nSPS) is 10.6. The zero-order valence-electron chi connectivity index (χ0n) is 18.5. The van der Waals surface area contributed by atoms with Crippen LogP contribution in [0.1, 0.15) is 11.1 Å². The number of fused-ring (bicyclic) bond motifs is 1. The summed E-state index contributed by atoms with van der Waals surface area (Å²) in [7, 11) is 0. The molecular weight excluding hydrogens is 442 g/mol. The Bertz CT molecular complexity index is 1580. The van der Waals surface area contributed by atoms with E-state index >= 15 is 0 Å². The first kappa shape index (κ1) is 21.6. The van der Waals surface area contributed by atoms with E-state index in [-0.39, 0.29) is 5.91 Å². The Morgan fingerprint density at radius 3 is 2.89 bits per heavy atom. The standard InChI is InChI=1S/C26H19N7O2/c1-2-23(34)31-20-4-3-5-21(10-20)35-24-14-29-26-25(32-24)22(13-28-26)19-12-30-33(16-19)15-18-8-6-17(11-27)7-9-18/h2-10,12-14,16H,1,15H2,(H,28,29)(H,31,34). The number of benzene rings is 2. The molecule has 3 heterocycles. The van der Waals surface area contributed by atoms with Crippen LogP contribution in [0.15, 0.2) is 86.0 Å². The van der Waals surface area contributed by atoms with Crippen LogP contribution in [-0.2, 0) is 11.3 Å². The fourth-order valence-corrected chi connectivity index (χ4v) is 3.56. The lowest BCUT2D eigenvalue weighted by Crippen LogP contribution is -2.07. The molecular formula is C26H19N7O2. The number of H-pyrrole nitrogens is 1. The summed E-state index contributed by atoms with van der Waals surface area (Å²) in [5, 5.41) is 16.1. The SMILES string of the molecule is C=CC(=O)Nc1cccc(Oc2cnc3[nH]cc(-c4cnn(Cc5ccc(C#N)cc5)c4)c3n2)c1. The monoisotopic (exact) mass is 461 g/mol.